The molecule has 0 spiro atoms. The Labute approximate surface area is 110 Å². The first-order valence-corrected chi connectivity index (χ1v) is 6.06. The molecule has 0 amide bonds. The molecule has 16 heavy (non-hydrogen) atoms. The van der Waals surface area contributed by atoms with Gasteiger partial charge in [-0.3, -0.25) is 0 Å². The minimum atomic E-state index is -0.625. The summed E-state index contributed by atoms with van der Waals surface area (Å²) < 4.78 is 6.54. The first-order valence-electron chi connectivity index (χ1n) is 4.98. The average Bonchev–Trinajstić information content (AvgIpc) is 2.17. The summed E-state index contributed by atoms with van der Waals surface area (Å²) in [6.45, 7) is 8.96. The van der Waals surface area contributed by atoms with Crippen molar-refractivity contribution in [1.82, 2.24) is 0 Å². The van der Waals surface area contributed by atoms with E-state index >= 15 is 0 Å². The largest absolute Gasteiger partial charge is 0.451 e. The number of carbonyl (C=O) groups excluding carboxylic acids is 1. The molecule has 2 nitrogen and oxygen atoms in total. The van der Waals surface area contributed by atoms with Crippen LogP contribution in [0.25, 0.3) is 0 Å². The van der Waals surface area contributed by atoms with Crippen molar-refractivity contribution in [3.63, 3.8) is 0 Å². The van der Waals surface area contributed by atoms with Gasteiger partial charge in [0.05, 0.1) is 0 Å². The molecule has 0 N–H and O–H groups in total. The molecule has 0 fully saturated rings. The fourth-order valence-electron chi connectivity index (χ4n) is 1.23. The highest BCUT2D eigenvalue weighted by Crippen LogP contribution is 2.26. The van der Waals surface area contributed by atoms with E-state index < -0.39 is 5.60 Å². The lowest BCUT2D eigenvalue weighted by Gasteiger charge is -2.25. The summed E-state index contributed by atoms with van der Waals surface area (Å²) in [5, 5.41) is 0. The van der Waals surface area contributed by atoms with Gasteiger partial charge >= 0.3 is 5.97 Å². The third-order valence-corrected chi connectivity index (χ3v) is 2.95. The second-order valence-electron chi connectivity index (χ2n) is 4.19. The van der Waals surface area contributed by atoms with Crippen LogP contribution in [0.1, 0.15) is 26.3 Å². The van der Waals surface area contributed by atoms with Crippen LogP contribution in [0, 0.1) is 3.57 Å². The maximum atomic E-state index is 11.5. The highest BCUT2D eigenvalue weighted by molar-refractivity contribution is 14.1. The van der Waals surface area contributed by atoms with E-state index in [9.17, 15) is 4.79 Å². The normalized spacial score (nSPS) is 11.0. The van der Waals surface area contributed by atoms with Gasteiger partial charge < -0.3 is 4.74 Å². The average molecular weight is 330 g/mol. The Morgan fingerprint density at radius 2 is 1.81 bits per heavy atom. The SMILES string of the molecule is C=C(C)C(=O)OC(C)(C)c1ccc(I)cc1. The monoisotopic (exact) mass is 330 g/mol. The van der Waals surface area contributed by atoms with Crippen molar-refractivity contribution in [2.75, 3.05) is 0 Å². The molecule has 86 valence electrons. The first-order chi connectivity index (χ1) is 7.33. The second-order valence-corrected chi connectivity index (χ2v) is 5.43. The summed E-state index contributed by atoms with van der Waals surface area (Å²) in [7, 11) is 0. The Hall–Kier alpha value is -0.840. The van der Waals surface area contributed by atoms with E-state index in [4.69, 9.17) is 4.74 Å². The fourth-order valence-corrected chi connectivity index (χ4v) is 1.59. The van der Waals surface area contributed by atoms with Crippen LogP contribution in [-0.2, 0) is 15.1 Å². The van der Waals surface area contributed by atoms with Gasteiger partial charge in [-0.15, -0.1) is 0 Å². The number of hydrogen-bond acceptors (Lipinski definition) is 2. The number of benzene rings is 1. The zero-order valence-corrected chi connectivity index (χ0v) is 11.9. The first kappa shape index (κ1) is 13.2. The summed E-state index contributed by atoms with van der Waals surface area (Å²) in [6, 6.07) is 7.92. The zero-order valence-electron chi connectivity index (χ0n) is 9.71. The van der Waals surface area contributed by atoms with Crippen LogP contribution in [0.3, 0.4) is 0 Å². The number of rotatable bonds is 3. The molecule has 1 rings (SSSR count). The molecule has 0 aliphatic carbocycles. The minimum absolute atomic E-state index is 0.358. The summed E-state index contributed by atoms with van der Waals surface area (Å²) in [6.07, 6.45) is 0. The number of hydrogen-bond donors (Lipinski definition) is 0. The molecule has 0 saturated carbocycles. The van der Waals surface area contributed by atoms with Crippen molar-refractivity contribution < 1.29 is 9.53 Å². The molecule has 0 unspecified atom stereocenters. The van der Waals surface area contributed by atoms with E-state index in [-0.39, 0.29) is 5.97 Å². The number of ether oxygens (including phenoxy) is 1. The van der Waals surface area contributed by atoms with Crippen LogP contribution in [-0.4, -0.2) is 5.97 Å². The Kier molecular flexibility index (Phi) is 4.13. The van der Waals surface area contributed by atoms with Gasteiger partial charge in [-0.25, -0.2) is 4.79 Å². The van der Waals surface area contributed by atoms with Crippen LogP contribution in [0.5, 0.6) is 0 Å². The van der Waals surface area contributed by atoms with Crippen molar-refractivity contribution in [3.8, 4) is 0 Å². The maximum Gasteiger partial charge on any atom is 0.333 e. The van der Waals surface area contributed by atoms with Crippen LogP contribution in [0.2, 0.25) is 0 Å². The molecule has 1 aromatic carbocycles. The predicted octanol–water partition coefficient (Wildman–Crippen LogP) is 3.65. The van der Waals surface area contributed by atoms with Crippen molar-refractivity contribution in [2.45, 2.75) is 26.4 Å². The molecule has 0 saturated heterocycles. The Bertz CT molecular complexity index is 404. The summed E-state index contributed by atoms with van der Waals surface area (Å²) in [4.78, 5) is 11.5. The molecular weight excluding hydrogens is 315 g/mol. The molecular formula is C13H15IO2. The molecule has 3 heteroatoms. The van der Waals surface area contributed by atoms with Crippen LogP contribution in [0.4, 0.5) is 0 Å². The minimum Gasteiger partial charge on any atom is -0.451 e. The predicted molar refractivity (Wildman–Crippen MR) is 73.1 cm³/mol. The molecule has 0 aliphatic rings. The number of halogens is 1. The van der Waals surface area contributed by atoms with E-state index in [1.165, 1.54) is 0 Å². The molecule has 0 radical (unpaired) electrons. The molecule has 0 heterocycles. The highest BCUT2D eigenvalue weighted by Gasteiger charge is 2.25. The van der Waals surface area contributed by atoms with Gasteiger partial charge in [-0.1, -0.05) is 18.7 Å². The molecule has 0 aromatic heterocycles. The highest BCUT2D eigenvalue weighted by atomic mass is 127. The van der Waals surface area contributed by atoms with Crippen molar-refractivity contribution in [2.24, 2.45) is 0 Å². The lowest BCUT2D eigenvalue weighted by molar-refractivity contribution is -0.152. The lowest BCUT2D eigenvalue weighted by atomic mass is 9.98. The number of carbonyl (C=O) groups is 1. The number of esters is 1. The second kappa shape index (κ2) is 4.99. The zero-order chi connectivity index (χ0) is 12.3. The fraction of sp³-hybridized carbons (Fsp3) is 0.308. The summed E-state index contributed by atoms with van der Waals surface area (Å²) in [5.41, 5.74) is 0.765. The molecule has 0 aliphatic heterocycles. The van der Waals surface area contributed by atoms with Crippen molar-refractivity contribution >= 4 is 28.6 Å². The standard InChI is InChI=1S/C13H15IO2/c1-9(2)12(15)16-13(3,4)10-5-7-11(14)8-6-10/h5-8H,1H2,2-4H3. The van der Waals surface area contributed by atoms with Crippen molar-refractivity contribution in [1.29, 1.82) is 0 Å². The van der Waals surface area contributed by atoms with E-state index in [0.29, 0.717) is 5.57 Å². The van der Waals surface area contributed by atoms with E-state index in [2.05, 4.69) is 29.2 Å². The summed E-state index contributed by atoms with van der Waals surface area (Å²) in [5.74, 6) is -0.358. The van der Waals surface area contributed by atoms with Gasteiger partial charge in [-0.05, 0) is 61.1 Å². The Balaban J connectivity index is 2.89. The van der Waals surface area contributed by atoms with Gasteiger partial charge in [0.1, 0.15) is 5.60 Å². The molecule has 1 aromatic rings. The topological polar surface area (TPSA) is 26.3 Å². The van der Waals surface area contributed by atoms with Crippen LogP contribution < -0.4 is 0 Å². The van der Waals surface area contributed by atoms with Gasteiger partial charge in [0, 0.05) is 9.14 Å². The van der Waals surface area contributed by atoms with Gasteiger partial charge in [-0.2, -0.15) is 0 Å². The maximum absolute atomic E-state index is 11.5. The lowest BCUT2D eigenvalue weighted by Crippen LogP contribution is -2.25. The molecule has 0 atom stereocenters. The van der Waals surface area contributed by atoms with Crippen molar-refractivity contribution in [3.05, 3.63) is 45.6 Å². The summed E-state index contributed by atoms with van der Waals surface area (Å²) >= 11 is 2.24. The molecule has 0 bridgehead atoms. The van der Waals surface area contributed by atoms with E-state index in [0.717, 1.165) is 9.13 Å². The third kappa shape index (κ3) is 3.33. The van der Waals surface area contributed by atoms with Crippen LogP contribution >= 0.6 is 22.6 Å². The van der Waals surface area contributed by atoms with Crippen LogP contribution in [0.15, 0.2) is 36.4 Å². The Morgan fingerprint density at radius 1 is 1.31 bits per heavy atom. The quantitative estimate of drug-likeness (QED) is 0.480. The smallest absolute Gasteiger partial charge is 0.333 e. The van der Waals surface area contributed by atoms with Gasteiger partial charge in [0.25, 0.3) is 0 Å². The van der Waals surface area contributed by atoms with E-state index in [1.54, 1.807) is 6.92 Å². The Morgan fingerprint density at radius 3 is 2.25 bits per heavy atom. The third-order valence-electron chi connectivity index (χ3n) is 2.24. The van der Waals surface area contributed by atoms with Gasteiger partial charge in [0.2, 0.25) is 0 Å². The van der Waals surface area contributed by atoms with E-state index in [1.807, 2.05) is 38.1 Å². The van der Waals surface area contributed by atoms with Gasteiger partial charge in [0.15, 0.2) is 0 Å².